The van der Waals surface area contributed by atoms with Crippen LogP contribution in [0.3, 0.4) is 0 Å². The van der Waals surface area contributed by atoms with Gasteiger partial charge in [0.2, 0.25) is 0 Å². The predicted molar refractivity (Wildman–Crippen MR) is 73.3 cm³/mol. The van der Waals surface area contributed by atoms with Gasteiger partial charge in [-0.2, -0.15) is 0 Å². The molecule has 1 atom stereocenters. The summed E-state index contributed by atoms with van der Waals surface area (Å²) in [5.74, 6) is -0.234. The van der Waals surface area contributed by atoms with E-state index in [1.807, 2.05) is 0 Å². The second-order valence-corrected chi connectivity index (χ2v) is 6.60. The van der Waals surface area contributed by atoms with E-state index in [1.54, 1.807) is 6.07 Å². The molecule has 0 fully saturated rings. The van der Waals surface area contributed by atoms with E-state index >= 15 is 0 Å². The quantitative estimate of drug-likeness (QED) is 0.909. The molecule has 102 valence electrons. The molecule has 1 aromatic rings. The molecule has 1 amide bonds. The largest absolute Gasteiger partial charge is 0.441 e. The lowest BCUT2D eigenvalue weighted by molar-refractivity contribution is 0.144. The topological polar surface area (TPSA) is 72.5 Å². The van der Waals surface area contributed by atoms with Gasteiger partial charge in [-0.25, -0.2) is 13.2 Å². The van der Waals surface area contributed by atoms with Gasteiger partial charge in [0, 0.05) is 11.1 Å². The highest BCUT2D eigenvalue weighted by Gasteiger charge is 2.24. The molecule has 5 nitrogen and oxygen atoms in total. The summed E-state index contributed by atoms with van der Waals surface area (Å²) in [7, 11) is -3.25. The van der Waals surface area contributed by atoms with Gasteiger partial charge < -0.3 is 4.74 Å². The Morgan fingerprint density at radius 3 is 2.63 bits per heavy atom. The van der Waals surface area contributed by atoms with Crippen molar-refractivity contribution < 1.29 is 17.9 Å². The number of benzene rings is 1. The van der Waals surface area contributed by atoms with Gasteiger partial charge in [0.25, 0.3) is 0 Å². The van der Waals surface area contributed by atoms with Gasteiger partial charge in [-0.15, -0.1) is 0 Å². The zero-order valence-corrected chi connectivity index (χ0v) is 11.8. The molecule has 2 rings (SSSR count). The standard InChI is InChI=1S/C11H9Cl2NO4S/c12-9-2-1-7(5-10(9)13)14-11(15)18-8-3-4-19(16,17)6-8/h1-5,8H,6H2,(H,14,15)/t8-/m0/s1. The predicted octanol–water partition coefficient (Wildman–Crippen LogP) is 2.85. The Balaban J connectivity index is 1.95. The van der Waals surface area contributed by atoms with E-state index in [4.69, 9.17) is 27.9 Å². The molecule has 1 aromatic carbocycles. The highest BCUT2D eigenvalue weighted by Crippen LogP contribution is 2.25. The summed E-state index contributed by atoms with van der Waals surface area (Å²) >= 11 is 11.5. The monoisotopic (exact) mass is 321 g/mol. The molecule has 0 bridgehead atoms. The fourth-order valence-electron chi connectivity index (χ4n) is 1.48. The molecule has 0 aliphatic carbocycles. The summed E-state index contributed by atoms with van der Waals surface area (Å²) in [6.07, 6.45) is -0.207. The SMILES string of the molecule is O=C(Nc1ccc(Cl)c(Cl)c1)O[C@H]1C=CS(=O)(=O)C1. The maximum atomic E-state index is 11.5. The number of carbonyl (C=O) groups is 1. The van der Waals surface area contributed by atoms with Crippen molar-refractivity contribution in [3.8, 4) is 0 Å². The highest BCUT2D eigenvalue weighted by atomic mass is 35.5. The lowest BCUT2D eigenvalue weighted by Gasteiger charge is -2.11. The zero-order valence-electron chi connectivity index (χ0n) is 9.47. The Labute approximate surface area is 120 Å². The van der Waals surface area contributed by atoms with Crippen LogP contribution in [-0.4, -0.2) is 26.4 Å². The van der Waals surface area contributed by atoms with Crippen LogP contribution in [0.4, 0.5) is 10.5 Å². The molecule has 8 heteroatoms. The van der Waals surface area contributed by atoms with Crippen LogP contribution in [-0.2, 0) is 14.6 Å². The fourth-order valence-corrected chi connectivity index (χ4v) is 2.94. The molecule has 0 radical (unpaired) electrons. The number of ether oxygens (including phenoxy) is 1. The van der Waals surface area contributed by atoms with Gasteiger partial charge in [-0.05, 0) is 24.3 Å². The van der Waals surface area contributed by atoms with Gasteiger partial charge >= 0.3 is 6.09 Å². The third-order valence-corrected chi connectivity index (χ3v) is 4.43. The molecule has 0 saturated heterocycles. The van der Waals surface area contributed by atoms with Crippen molar-refractivity contribution in [2.45, 2.75) is 6.10 Å². The number of sulfone groups is 1. The van der Waals surface area contributed by atoms with Crippen LogP contribution in [0.5, 0.6) is 0 Å². The van der Waals surface area contributed by atoms with Crippen LogP contribution >= 0.6 is 23.2 Å². The molecule has 0 aromatic heterocycles. The number of hydrogen-bond acceptors (Lipinski definition) is 4. The first kappa shape index (κ1) is 14.2. The summed E-state index contributed by atoms with van der Waals surface area (Å²) < 4.78 is 27.2. The zero-order chi connectivity index (χ0) is 14.0. The average Bonchev–Trinajstić information content (AvgIpc) is 2.63. The van der Waals surface area contributed by atoms with E-state index in [0.717, 1.165) is 5.41 Å². The van der Waals surface area contributed by atoms with Crippen LogP contribution in [0.1, 0.15) is 0 Å². The van der Waals surface area contributed by atoms with E-state index in [2.05, 4.69) is 5.32 Å². The van der Waals surface area contributed by atoms with Crippen LogP contribution in [0.15, 0.2) is 29.7 Å². The summed E-state index contributed by atoms with van der Waals surface area (Å²) in [4.78, 5) is 11.5. The minimum absolute atomic E-state index is 0.234. The van der Waals surface area contributed by atoms with Crippen LogP contribution < -0.4 is 5.32 Å². The maximum Gasteiger partial charge on any atom is 0.412 e. The van der Waals surface area contributed by atoms with Crippen molar-refractivity contribution in [3.63, 3.8) is 0 Å². The lowest BCUT2D eigenvalue weighted by Crippen LogP contribution is -2.23. The van der Waals surface area contributed by atoms with Gasteiger partial charge in [0.15, 0.2) is 9.84 Å². The Hall–Kier alpha value is -1.24. The van der Waals surface area contributed by atoms with Gasteiger partial charge in [0.1, 0.15) is 6.10 Å². The minimum atomic E-state index is -3.25. The van der Waals surface area contributed by atoms with E-state index in [1.165, 1.54) is 18.2 Å². The van der Waals surface area contributed by atoms with E-state index < -0.39 is 22.0 Å². The number of amides is 1. The third-order valence-electron chi connectivity index (χ3n) is 2.32. The number of halogens is 2. The van der Waals surface area contributed by atoms with E-state index in [9.17, 15) is 13.2 Å². The highest BCUT2D eigenvalue weighted by molar-refractivity contribution is 7.94. The third kappa shape index (κ3) is 3.86. The smallest absolute Gasteiger partial charge is 0.412 e. The molecule has 1 aliphatic rings. The Morgan fingerprint density at radius 2 is 2.05 bits per heavy atom. The molecule has 0 saturated carbocycles. The number of rotatable bonds is 2. The van der Waals surface area contributed by atoms with Gasteiger partial charge in [-0.1, -0.05) is 23.2 Å². The van der Waals surface area contributed by atoms with Crippen molar-refractivity contribution in [3.05, 3.63) is 39.7 Å². The normalized spacial score (nSPS) is 20.2. The molecule has 0 unspecified atom stereocenters. The average molecular weight is 322 g/mol. The lowest BCUT2D eigenvalue weighted by atomic mass is 10.3. The molecule has 0 spiro atoms. The van der Waals surface area contributed by atoms with Crippen LogP contribution in [0.25, 0.3) is 0 Å². The number of anilines is 1. The minimum Gasteiger partial charge on any atom is -0.441 e. The maximum absolute atomic E-state index is 11.5. The molecular weight excluding hydrogens is 313 g/mol. The van der Waals surface area contributed by atoms with Crippen molar-refractivity contribution >= 4 is 44.8 Å². The first-order chi connectivity index (χ1) is 8.85. The summed E-state index contributed by atoms with van der Waals surface area (Å²) in [5.41, 5.74) is 0.407. The molecule has 1 heterocycles. The van der Waals surface area contributed by atoms with Crippen LogP contribution in [0.2, 0.25) is 10.0 Å². The summed E-state index contributed by atoms with van der Waals surface area (Å²) in [6, 6.07) is 4.54. The van der Waals surface area contributed by atoms with Crippen molar-refractivity contribution in [1.29, 1.82) is 0 Å². The van der Waals surface area contributed by atoms with E-state index in [0.29, 0.717) is 15.7 Å². The number of hydrogen-bond donors (Lipinski definition) is 1. The first-order valence-corrected chi connectivity index (χ1v) is 7.66. The Bertz CT molecular complexity index is 642. The number of carbonyl (C=O) groups excluding carboxylic acids is 1. The first-order valence-electron chi connectivity index (χ1n) is 5.19. The molecule has 1 N–H and O–H groups in total. The van der Waals surface area contributed by atoms with Crippen LogP contribution in [0, 0.1) is 0 Å². The number of nitrogens with one attached hydrogen (secondary N) is 1. The van der Waals surface area contributed by atoms with Crippen molar-refractivity contribution in [2.24, 2.45) is 0 Å². The second kappa shape index (κ2) is 5.40. The molecule has 19 heavy (non-hydrogen) atoms. The van der Waals surface area contributed by atoms with Gasteiger partial charge in [-0.3, -0.25) is 5.32 Å². The summed E-state index contributed by atoms with van der Waals surface area (Å²) in [6.45, 7) is 0. The fraction of sp³-hybridized carbons (Fsp3) is 0.182. The molecule has 1 aliphatic heterocycles. The Morgan fingerprint density at radius 1 is 1.32 bits per heavy atom. The molecular formula is C11H9Cl2NO4S. The van der Waals surface area contributed by atoms with Crippen molar-refractivity contribution in [1.82, 2.24) is 0 Å². The van der Waals surface area contributed by atoms with Crippen molar-refractivity contribution in [2.75, 3.05) is 11.1 Å². The second-order valence-electron chi connectivity index (χ2n) is 3.86. The Kier molecular flexibility index (Phi) is 4.03. The van der Waals surface area contributed by atoms with Gasteiger partial charge in [0.05, 0.1) is 15.8 Å². The summed E-state index contributed by atoms with van der Waals surface area (Å²) in [5, 5.41) is 4.12. The van der Waals surface area contributed by atoms with E-state index in [-0.39, 0.29) is 5.75 Å².